The number of nitrogens with zero attached hydrogens (tertiary/aromatic N) is 2. The van der Waals surface area contributed by atoms with Gasteiger partial charge in [-0.2, -0.15) is 16.9 Å². The van der Waals surface area contributed by atoms with Crippen molar-refractivity contribution in [3.8, 4) is 0 Å². The summed E-state index contributed by atoms with van der Waals surface area (Å²) in [5.74, 6) is -0.842. The first-order valence-electron chi connectivity index (χ1n) is 7.09. The van der Waals surface area contributed by atoms with Gasteiger partial charge in [-0.15, -0.1) is 0 Å². The number of benzene rings is 1. The van der Waals surface area contributed by atoms with Crippen molar-refractivity contribution in [2.24, 2.45) is 5.10 Å². The van der Waals surface area contributed by atoms with Gasteiger partial charge in [0.1, 0.15) is 16.7 Å². The molecule has 0 bridgehead atoms. The summed E-state index contributed by atoms with van der Waals surface area (Å²) in [6.45, 7) is 1.30. The summed E-state index contributed by atoms with van der Waals surface area (Å²) in [5, 5.41) is 8.15. The van der Waals surface area contributed by atoms with Crippen LogP contribution in [0.3, 0.4) is 0 Å². The van der Waals surface area contributed by atoms with Crippen molar-refractivity contribution in [1.29, 1.82) is 0 Å². The molecule has 3 heterocycles. The highest BCUT2D eigenvalue weighted by Gasteiger charge is 2.60. The lowest BCUT2D eigenvalue weighted by atomic mass is 10.1. The van der Waals surface area contributed by atoms with Crippen LogP contribution in [0.1, 0.15) is 12.5 Å². The van der Waals surface area contributed by atoms with E-state index in [1.807, 2.05) is 0 Å². The van der Waals surface area contributed by atoms with Crippen molar-refractivity contribution in [1.82, 2.24) is 10.3 Å². The van der Waals surface area contributed by atoms with E-state index in [2.05, 4.69) is 10.4 Å². The highest BCUT2D eigenvalue weighted by Crippen LogP contribution is 2.51. The molecule has 1 atom stereocenters. The van der Waals surface area contributed by atoms with E-state index in [0.717, 1.165) is 46.2 Å². The highest BCUT2D eigenvalue weighted by atomic mass is 32.2. The molecule has 1 aromatic rings. The van der Waals surface area contributed by atoms with Gasteiger partial charge in [0.25, 0.3) is 5.91 Å². The van der Waals surface area contributed by atoms with Crippen LogP contribution in [0.25, 0.3) is 0 Å². The van der Waals surface area contributed by atoms with Crippen LogP contribution in [0.4, 0.5) is 8.78 Å². The lowest BCUT2D eigenvalue weighted by Gasteiger charge is -2.30. The second-order valence-corrected chi connectivity index (χ2v) is 7.68. The molecular formula is C15H11F2N3O2S2. The van der Waals surface area contributed by atoms with Crippen LogP contribution in [0.2, 0.25) is 0 Å². The SMILES string of the molecule is CC(=O)N1N=C(c2cc(F)ccc2F)SC12C(=O)NC1=C2CSC1. The van der Waals surface area contributed by atoms with Crippen molar-refractivity contribution in [3.05, 3.63) is 46.7 Å². The average Bonchev–Trinajstić information content (AvgIpc) is 3.19. The normalized spacial score (nSPS) is 25.4. The molecule has 0 fully saturated rings. The minimum atomic E-state index is -1.33. The molecule has 3 aliphatic rings. The monoisotopic (exact) mass is 367 g/mol. The molecule has 124 valence electrons. The molecule has 1 N–H and O–H groups in total. The van der Waals surface area contributed by atoms with Gasteiger partial charge in [0, 0.05) is 35.3 Å². The van der Waals surface area contributed by atoms with E-state index >= 15 is 0 Å². The molecular weight excluding hydrogens is 356 g/mol. The zero-order chi connectivity index (χ0) is 17.1. The van der Waals surface area contributed by atoms with Crippen LogP contribution < -0.4 is 5.32 Å². The van der Waals surface area contributed by atoms with Crippen LogP contribution in [-0.4, -0.2) is 38.2 Å². The zero-order valence-corrected chi connectivity index (χ0v) is 14.1. The fourth-order valence-corrected chi connectivity index (χ4v) is 5.58. The third-order valence-corrected chi connectivity index (χ3v) is 6.41. The predicted molar refractivity (Wildman–Crippen MR) is 88.2 cm³/mol. The molecule has 0 radical (unpaired) electrons. The van der Waals surface area contributed by atoms with Crippen LogP contribution >= 0.6 is 23.5 Å². The van der Waals surface area contributed by atoms with Crippen LogP contribution in [0.15, 0.2) is 34.6 Å². The molecule has 3 aliphatic heterocycles. The maximum Gasteiger partial charge on any atom is 0.267 e. The summed E-state index contributed by atoms with van der Waals surface area (Å²) < 4.78 is 27.6. The molecule has 0 aliphatic carbocycles. The summed E-state index contributed by atoms with van der Waals surface area (Å²) in [6.07, 6.45) is 0. The Morgan fingerprint density at radius 2 is 2.17 bits per heavy atom. The maximum atomic E-state index is 14.1. The third kappa shape index (κ3) is 2.04. The topological polar surface area (TPSA) is 61.8 Å². The second kappa shape index (κ2) is 5.32. The fourth-order valence-electron chi connectivity index (χ4n) is 2.96. The van der Waals surface area contributed by atoms with Crippen LogP contribution in [0.5, 0.6) is 0 Å². The van der Waals surface area contributed by atoms with Crippen molar-refractivity contribution < 1.29 is 18.4 Å². The van der Waals surface area contributed by atoms with Gasteiger partial charge < -0.3 is 5.32 Å². The average molecular weight is 367 g/mol. The molecule has 4 rings (SSSR count). The van der Waals surface area contributed by atoms with Gasteiger partial charge in [0.15, 0.2) is 0 Å². The number of carbonyl (C=O) groups is 2. The number of hydrogen-bond acceptors (Lipinski definition) is 5. The van der Waals surface area contributed by atoms with E-state index in [0.29, 0.717) is 11.5 Å². The molecule has 1 spiro atoms. The highest BCUT2D eigenvalue weighted by molar-refractivity contribution is 8.16. The van der Waals surface area contributed by atoms with E-state index in [-0.39, 0.29) is 16.5 Å². The van der Waals surface area contributed by atoms with Gasteiger partial charge in [-0.1, -0.05) is 11.8 Å². The van der Waals surface area contributed by atoms with Gasteiger partial charge in [-0.3, -0.25) is 9.59 Å². The summed E-state index contributed by atoms with van der Waals surface area (Å²) >= 11 is 2.60. The van der Waals surface area contributed by atoms with Crippen molar-refractivity contribution in [3.63, 3.8) is 0 Å². The largest absolute Gasteiger partial charge is 0.326 e. The molecule has 1 unspecified atom stereocenters. The Morgan fingerprint density at radius 3 is 2.92 bits per heavy atom. The molecule has 5 nitrogen and oxygen atoms in total. The van der Waals surface area contributed by atoms with E-state index in [9.17, 15) is 18.4 Å². The number of hydrogen-bond donors (Lipinski definition) is 1. The van der Waals surface area contributed by atoms with Crippen molar-refractivity contribution in [2.45, 2.75) is 11.8 Å². The van der Waals surface area contributed by atoms with E-state index in [4.69, 9.17) is 0 Å². The van der Waals surface area contributed by atoms with E-state index in [1.165, 1.54) is 6.92 Å². The molecule has 9 heteroatoms. The Bertz CT molecular complexity index is 855. The minimum Gasteiger partial charge on any atom is -0.326 e. The first-order chi connectivity index (χ1) is 11.4. The minimum absolute atomic E-state index is 0.0596. The Kier molecular flexibility index (Phi) is 3.47. The molecule has 1 aromatic carbocycles. The van der Waals surface area contributed by atoms with Gasteiger partial charge in [-0.05, 0) is 18.2 Å². The van der Waals surface area contributed by atoms with Crippen molar-refractivity contribution >= 4 is 40.4 Å². The summed E-state index contributed by atoms with van der Waals surface area (Å²) in [4.78, 5) is 23.4. The first-order valence-corrected chi connectivity index (χ1v) is 9.06. The molecule has 0 aromatic heterocycles. The molecule has 0 saturated heterocycles. The number of rotatable bonds is 1. The Morgan fingerprint density at radius 1 is 1.38 bits per heavy atom. The fraction of sp³-hybridized carbons (Fsp3) is 0.267. The van der Waals surface area contributed by atoms with Crippen molar-refractivity contribution in [2.75, 3.05) is 11.5 Å². The third-order valence-electron chi connectivity index (χ3n) is 4.03. The zero-order valence-electron chi connectivity index (χ0n) is 12.4. The lowest BCUT2D eigenvalue weighted by Crippen LogP contribution is -2.51. The van der Waals surface area contributed by atoms with E-state index in [1.54, 1.807) is 11.8 Å². The summed E-state index contributed by atoms with van der Waals surface area (Å²) in [6, 6.07) is 3.03. The standard InChI is InChI=1S/C15H11F2N3O2S2/c1-7(21)20-15(10-5-23-6-12(10)18-14(15)22)24-13(19-20)9-4-8(16)2-3-11(9)17/h2-4H,5-6H2,1H3,(H,18,22). The van der Waals surface area contributed by atoms with Gasteiger partial charge in [0.2, 0.25) is 10.8 Å². The number of carbonyl (C=O) groups excluding carboxylic acids is 2. The first kappa shape index (κ1) is 15.6. The predicted octanol–water partition coefficient (Wildman–Crippen LogP) is 2.05. The Labute approximate surface area is 144 Å². The number of amides is 2. The smallest absolute Gasteiger partial charge is 0.267 e. The molecule has 24 heavy (non-hydrogen) atoms. The number of halogens is 2. The number of nitrogens with one attached hydrogen (secondary N) is 1. The Balaban J connectivity index is 1.84. The van der Waals surface area contributed by atoms with Gasteiger partial charge in [0.05, 0.1) is 0 Å². The lowest BCUT2D eigenvalue weighted by molar-refractivity contribution is -0.137. The molecule has 0 saturated carbocycles. The number of thioether (sulfide) groups is 2. The number of hydrazone groups is 1. The quantitative estimate of drug-likeness (QED) is 0.825. The summed E-state index contributed by atoms with van der Waals surface area (Å²) in [5.41, 5.74) is 1.49. The summed E-state index contributed by atoms with van der Waals surface area (Å²) in [7, 11) is 0. The van der Waals surface area contributed by atoms with Crippen LogP contribution in [0, 0.1) is 11.6 Å². The number of fused-ring (bicyclic) bond motifs is 1. The molecule has 2 amide bonds. The second-order valence-electron chi connectivity index (χ2n) is 5.51. The maximum absolute atomic E-state index is 14.1. The van der Waals surface area contributed by atoms with Gasteiger partial charge in [-0.25, -0.2) is 13.8 Å². The Hall–Kier alpha value is -1.87. The van der Waals surface area contributed by atoms with Gasteiger partial charge >= 0.3 is 0 Å². The van der Waals surface area contributed by atoms with E-state index < -0.39 is 22.4 Å². The van der Waals surface area contributed by atoms with Crippen LogP contribution in [-0.2, 0) is 9.59 Å².